The van der Waals surface area contributed by atoms with Gasteiger partial charge in [-0.05, 0) is 45.0 Å². The summed E-state index contributed by atoms with van der Waals surface area (Å²) in [5.74, 6) is 2.17. The molecule has 0 saturated heterocycles. The maximum absolute atomic E-state index is 12.3. The normalized spacial score (nSPS) is 11.7. The first kappa shape index (κ1) is 22.8. The van der Waals surface area contributed by atoms with Gasteiger partial charge in [0.1, 0.15) is 11.5 Å². The van der Waals surface area contributed by atoms with Gasteiger partial charge in [-0.25, -0.2) is 4.98 Å². The zero-order valence-electron chi connectivity index (χ0n) is 17.9. The lowest BCUT2D eigenvalue weighted by Crippen LogP contribution is -2.15. The number of carbonyl (C=O) groups excluding carboxylic acids is 1. The van der Waals surface area contributed by atoms with E-state index in [0.717, 1.165) is 16.3 Å². The standard InChI is InChI=1S/C21H25N5O3S2/c1-6-11-26-19(14(3)29-17-9-7-16(28-5)8-10-17)24-25-21(26)30-12-18(27)23-20-22-13(2)15(4)31-20/h6-10,14H,1,11-12H2,2-5H3,(H,22,23,27). The molecule has 0 spiro atoms. The first-order valence-electron chi connectivity index (χ1n) is 9.62. The number of rotatable bonds is 10. The van der Waals surface area contributed by atoms with Crippen molar-refractivity contribution in [1.29, 1.82) is 0 Å². The van der Waals surface area contributed by atoms with Crippen molar-refractivity contribution in [1.82, 2.24) is 19.7 Å². The van der Waals surface area contributed by atoms with E-state index in [2.05, 4.69) is 27.1 Å². The third-order valence-corrected chi connectivity index (χ3v) is 6.36. The number of allylic oxidation sites excluding steroid dienone is 1. The van der Waals surface area contributed by atoms with E-state index in [1.807, 2.05) is 49.6 Å². The van der Waals surface area contributed by atoms with Crippen LogP contribution in [0.1, 0.15) is 29.4 Å². The molecule has 0 aliphatic rings. The number of methoxy groups -OCH3 is 1. The number of benzene rings is 1. The number of thiazole rings is 1. The average molecular weight is 460 g/mol. The number of nitrogens with zero attached hydrogens (tertiary/aromatic N) is 4. The monoisotopic (exact) mass is 459 g/mol. The molecule has 0 aliphatic carbocycles. The molecule has 1 aromatic carbocycles. The molecule has 1 amide bonds. The molecule has 0 bridgehead atoms. The molecule has 0 fully saturated rings. The third kappa shape index (κ3) is 5.86. The van der Waals surface area contributed by atoms with Crippen molar-refractivity contribution in [2.45, 2.75) is 38.6 Å². The maximum Gasteiger partial charge on any atom is 0.236 e. The van der Waals surface area contributed by atoms with E-state index in [1.165, 1.54) is 23.1 Å². The molecule has 2 aromatic heterocycles. The summed E-state index contributed by atoms with van der Waals surface area (Å²) in [4.78, 5) is 17.8. The Morgan fingerprint density at radius 1 is 1.29 bits per heavy atom. The van der Waals surface area contributed by atoms with E-state index in [9.17, 15) is 4.79 Å². The Morgan fingerprint density at radius 3 is 2.61 bits per heavy atom. The van der Waals surface area contributed by atoms with Crippen LogP contribution in [0, 0.1) is 13.8 Å². The number of ether oxygens (including phenoxy) is 2. The number of hydrogen-bond acceptors (Lipinski definition) is 8. The van der Waals surface area contributed by atoms with E-state index in [-0.39, 0.29) is 17.8 Å². The van der Waals surface area contributed by atoms with Gasteiger partial charge in [0, 0.05) is 11.4 Å². The summed E-state index contributed by atoms with van der Waals surface area (Å²) in [6, 6.07) is 7.35. The fourth-order valence-electron chi connectivity index (χ4n) is 2.73. The second-order valence-corrected chi connectivity index (χ2v) is 8.82. The topological polar surface area (TPSA) is 91.2 Å². The molecular formula is C21H25N5O3S2. The number of amides is 1. The fourth-order valence-corrected chi connectivity index (χ4v) is 4.32. The number of aryl methyl sites for hydroxylation is 2. The Hall–Kier alpha value is -2.85. The van der Waals surface area contributed by atoms with Crippen LogP contribution in [0.5, 0.6) is 11.5 Å². The molecule has 2 heterocycles. The fraction of sp³-hybridized carbons (Fsp3) is 0.333. The van der Waals surface area contributed by atoms with E-state index >= 15 is 0 Å². The van der Waals surface area contributed by atoms with E-state index < -0.39 is 0 Å². The first-order valence-corrected chi connectivity index (χ1v) is 11.4. The molecule has 1 unspecified atom stereocenters. The molecule has 3 rings (SSSR count). The van der Waals surface area contributed by atoms with Gasteiger partial charge < -0.3 is 14.8 Å². The van der Waals surface area contributed by atoms with Crippen molar-refractivity contribution < 1.29 is 14.3 Å². The molecule has 3 aromatic rings. The Labute approximate surface area is 189 Å². The Morgan fingerprint density at radius 2 is 2.00 bits per heavy atom. The molecule has 1 N–H and O–H groups in total. The summed E-state index contributed by atoms with van der Waals surface area (Å²) < 4.78 is 13.1. The molecule has 0 saturated carbocycles. The van der Waals surface area contributed by atoms with Crippen molar-refractivity contribution >= 4 is 34.1 Å². The third-order valence-electron chi connectivity index (χ3n) is 4.40. The van der Waals surface area contributed by atoms with Gasteiger partial charge in [-0.15, -0.1) is 28.1 Å². The predicted molar refractivity (Wildman–Crippen MR) is 123 cm³/mol. The molecule has 31 heavy (non-hydrogen) atoms. The average Bonchev–Trinajstić information content (AvgIpc) is 3.29. The van der Waals surface area contributed by atoms with Gasteiger partial charge >= 0.3 is 0 Å². The van der Waals surface area contributed by atoms with Crippen molar-refractivity contribution in [3.05, 3.63) is 53.3 Å². The summed E-state index contributed by atoms with van der Waals surface area (Å²) in [6.45, 7) is 10.1. The zero-order valence-corrected chi connectivity index (χ0v) is 19.5. The van der Waals surface area contributed by atoms with E-state index in [1.54, 1.807) is 13.2 Å². The number of aromatic nitrogens is 4. The van der Waals surface area contributed by atoms with E-state index in [4.69, 9.17) is 9.47 Å². The minimum Gasteiger partial charge on any atom is -0.497 e. The summed E-state index contributed by atoms with van der Waals surface area (Å²) >= 11 is 2.77. The number of carbonyl (C=O) groups is 1. The van der Waals surface area contributed by atoms with Crippen molar-refractivity contribution in [3.63, 3.8) is 0 Å². The van der Waals surface area contributed by atoms with Crippen LogP contribution < -0.4 is 14.8 Å². The first-order chi connectivity index (χ1) is 14.9. The van der Waals surface area contributed by atoms with Crippen LogP contribution >= 0.6 is 23.1 Å². The highest BCUT2D eigenvalue weighted by Crippen LogP contribution is 2.26. The van der Waals surface area contributed by atoms with Crippen LogP contribution in [0.4, 0.5) is 5.13 Å². The Bertz CT molecular complexity index is 1030. The molecular weight excluding hydrogens is 434 g/mol. The number of nitrogens with one attached hydrogen (secondary N) is 1. The quantitative estimate of drug-likeness (QED) is 0.354. The summed E-state index contributed by atoms with van der Waals surface area (Å²) in [5, 5.41) is 12.6. The largest absolute Gasteiger partial charge is 0.497 e. The lowest BCUT2D eigenvalue weighted by Gasteiger charge is -2.16. The van der Waals surface area contributed by atoms with Gasteiger partial charge in [-0.2, -0.15) is 0 Å². The highest BCUT2D eigenvalue weighted by molar-refractivity contribution is 7.99. The molecule has 164 valence electrons. The van der Waals surface area contributed by atoms with Gasteiger partial charge in [-0.3, -0.25) is 9.36 Å². The molecule has 1 atom stereocenters. The molecule has 10 heteroatoms. The summed E-state index contributed by atoms with van der Waals surface area (Å²) in [7, 11) is 1.62. The van der Waals surface area contributed by atoms with Crippen molar-refractivity contribution in [2.75, 3.05) is 18.2 Å². The van der Waals surface area contributed by atoms with E-state index in [0.29, 0.717) is 28.4 Å². The predicted octanol–water partition coefficient (Wildman–Crippen LogP) is 4.42. The smallest absolute Gasteiger partial charge is 0.236 e. The summed E-state index contributed by atoms with van der Waals surface area (Å²) in [5.41, 5.74) is 0.925. The van der Waals surface area contributed by atoms with Crippen LogP contribution in [-0.2, 0) is 11.3 Å². The van der Waals surface area contributed by atoms with Crippen LogP contribution in [-0.4, -0.2) is 38.5 Å². The van der Waals surface area contributed by atoms with Gasteiger partial charge in [0.15, 0.2) is 22.2 Å². The lowest BCUT2D eigenvalue weighted by atomic mass is 10.3. The van der Waals surface area contributed by atoms with Crippen molar-refractivity contribution in [3.8, 4) is 11.5 Å². The molecule has 0 aliphatic heterocycles. The molecule has 8 nitrogen and oxygen atoms in total. The van der Waals surface area contributed by atoms with Crippen LogP contribution in [0.2, 0.25) is 0 Å². The van der Waals surface area contributed by atoms with Gasteiger partial charge in [0.2, 0.25) is 5.91 Å². The van der Waals surface area contributed by atoms with Gasteiger partial charge in [-0.1, -0.05) is 17.8 Å². The zero-order chi connectivity index (χ0) is 22.4. The number of thioether (sulfide) groups is 1. The lowest BCUT2D eigenvalue weighted by molar-refractivity contribution is -0.113. The number of anilines is 1. The minimum absolute atomic E-state index is 0.143. The number of hydrogen-bond donors (Lipinski definition) is 1. The van der Waals surface area contributed by atoms with Crippen LogP contribution in [0.15, 0.2) is 42.1 Å². The Balaban J connectivity index is 1.65. The van der Waals surface area contributed by atoms with Gasteiger partial charge in [0.05, 0.1) is 18.6 Å². The maximum atomic E-state index is 12.3. The van der Waals surface area contributed by atoms with Crippen LogP contribution in [0.3, 0.4) is 0 Å². The second-order valence-electron chi connectivity index (χ2n) is 6.67. The summed E-state index contributed by atoms with van der Waals surface area (Å²) in [6.07, 6.45) is 1.42. The van der Waals surface area contributed by atoms with Crippen molar-refractivity contribution in [2.24, 2.45) is 0 Å². The van der Waals surface area contributed by atoms with Crippen LogP contribution in [0.25, 0.3) is 0 Å². The SMILES string of the molecule is C=CCn1c(SCC(=O)Nc2nc(C)c(C)s2)nnc1C(C)Oc1ccc(OC)cc1. The highest BCUT2D eigenvalue weighted by Gasteiger charge is 2.20. The minimum atomic E-state index is -0.342. The Kier molecular flexibility index (Phi) is 7.69. The highest BCUT2D eigenvalue weighted by atomic mass is 32.2. The second kappa shape index (κ2) is 10.5. The van der Waals surface area contributed by atoms with Gasteiger partial charge in [0.25, 0.3) is 0 Å². The molecule has 0 radical (unpaired) electrons.